The number of aryl methyl sites for hydroxylation is 1. The summed E-state index contributed by atoms with van der Waals surface area (Å²) in [5.74, 6) is -0.335. The van der Waals surface area contributed by atoms with Crippen molar-refractivity contribution < 1.29 is 9.18 Å². The van der Waals surface area contributed by atoms with E-state index in [0.29, 0.717) is 42.6 Å². The number of carbonyl (C=O) groups is 1. The number of fused-ring (bicyclic) bond motifs is 1. The van der Waals surface area contributed by atoms with Crippen LogP contribution in [-0.4, -0.2) is 42.1 Å². The highest BCUT2D eigenvalue weighted by molar-refractivity contribution is 6.31. The molecule has 2 aromatic carbocycles. The molecule has 8 heteroatoms. The molecule has 32 heavy (non-hydrogen) atoms. The minimum Gasteiger partial charge on any atom is -0.396 e. The highest BCUT2D eigenvalue weighted by atomic mass is 35.5. The monoisotopic (exact) mass is 455 g/mol. The Morgan fingerprint density at radius 3 is 2.56 bits per heavy atom. The second kappa shape index (κ2) is 9.61. The smallest absolute Gasteiger partial charge is 0.321 e. The number of nitrogen functional groups attached to an aromatic ring is 1. The average molecular weight is 456 g/mol. The zero-order chi connectivity index (χ0) is 22.7. The number of hydrogen-bond donors (Lipinski definition) is 2. The van der Waals surface area contributed by atoms with Crippen molar-refractivity contribution in [1.29, 1.82) is 0 Å². The summed E-state index contributed by atoms with van der Waals surface area (Å²) in [4.78, 5) is 21.4. The van der Waals surface area contributed by atoms with Gasteiger partial charge in [0.1, 0.15) is 5.82 Å². The summed E-state index contributed by atoms with van der Waals surface area (Å²) in [6.07, 6.45) is 2.89. The number of carbonyl (C=O) groups excluding carboxylic acids is 1. The highest BCUT2D eigenvalue weighted by Crippen LogP contribution is 2.36. The van der Waals surface area contributed by atoms with Crippen LogP contribution < -0.4 is 16.0 Å². The minimum atomic E-state index is -0.335. The van der Waals surface area contributed by atoms with Gasteiger partial charge in [0.2, 0.25) is 0 Å². The maximum Gasteiger partial charge on any atom is 0.321 e. The Labute approximate surface area is 192 Å². The summed E-state index contributed by atoms with van der Waals surface area (Å²) in [5, 5.41) is 4.44. The standard InChI is InChI=1S/C24H27ClFN5O/c1-2-3-4-20-22(27)23(19-10-5-16(25)15-21(19)29-20)30-11-13-31(14-12-30)24(32)28-18-8-6-17(26)7-9-18/h5-10,15H,2-4,11-14,27H2,1H3,(H,28,32). The number of pyridine rings is 1. The fourth-order valence-electron chi connectivity index (χ4n) is 4.03. The molecule has 1 fully saturated rings. The molecular formula is C24H27ClFN5O. The van der Waals surface area contributed by atoms with Crippen LogP contribution in [0.15, 0.2) is 42.5 Å². The quantitative estimate of drug-likeness (QED) is 0.547. The minimum absolute atomic E-state index is 0.195. The van der Waals surface area contributed by atoms with Crippen molar-refractivity contribution in [3.8, 4) is 0 Å². The number of rotatable bonds is 5. The fourth-order valence-corrected chi connectivity index (χ4v) is 4.20. The molecule has 2 heterocycles. The molecule has 3 aromatic rings. The van der Waals surface area contributed by atoms with Crippen molar-refractivity contribution in [2.45, 2.75) is 26.2 Å². The normalized spacial score (nSPS) is 14.1. The van der Waals surface area contributed by atoms with Gasteiger partial charge in [0.25, 0.3) is 0 Å². The number of amides is 2. The third-order valence-corrected chi connectivity index (χ3v) is 6.02. The Kier molecular flexibility index (Phi) is 6.65. The van der Waals surface area contributed by atoms with Gasteiger partial charge in [-0.1, -0.05) is 24.9 Å². The van der Waals surface area contributed by atoms with Crippen molar-refractivity contribution in [2.24, 2.45) is 0 Å². The molecule has 0 unspecified atom stereocenters. The SMILES string of the molecule is CCCCc1nc2cc(Cl)ccc2c(N2CCN(C(=O)Nc3ccc(F)cc3)CC2)c1N. The Morgan fingerprint density at radius 2 is 1.88 bits per heavy atom. The number of aromatic nitrogens is 1. The van der Waals surface area contributed by atoms with Crippen LogP contribution >= 0.6 is 11.6 Å². The fraction of sp³-hybridized carbons (Fsp3) is 0.333. The van der Waals surface area contributed by atoms with Crippen LogP contribution in [0.4, 0.5) is 26.2 Å². The summed E-state index contributed by atoms with van der Waals surface area (Å²) < 4.78 is 13.1. The molecule has 168 valence electrons. The number of unbranched alkanes of at least 4 members (excludes halogenated alkanes) is 1. The second-order valence-electron chi connectivity index (χ2n) is 8.00. The van der Waals surface area contributed by atoms with E-state index in [4.69, 9.17) is 22.3 Å². The first-order chi connectivity index (χ1) is 15.5. The molecule has 0 atom stereocenters. The number of urea groups is 1. The van der Waals surface area contributed by atoms with E-state index in [2.05, 4.69) is 17.1 Å². The number of nitrogens with two attached hydrogens (primary N) is 1. The number of halogens is 2. The first kappa shape index (κ1) is 22.1. The number of nitrogens with zero attached hydrogens (tertiary/aromatic N) is 3. The molecule has 0 aliphatic carbocycles. The Balaban J connectivity index is 1.53. The van der Waals surface area contributed by atoms with Crippen molar-refractivity contribution in [3.05, 3.63) is 59.0 Å². The molecule has 2 amide bonds. The molecular weight excluding hydrogens is 429 g/mol. The lowest BCUT2D eigenvalue weighted by atomic mass is 10.1. The third kappa shape index (κ3) is 4.72. The van der Waals surface area contributed by atoms with E-state index in [9.17, 15) is 9.18 Å². The maximum absolute atomic E-state index is 13.1. The largest absolute Gasteiger partial charge is 0.396 e. The van der Waals surface area contributed by atoms with Gasteiger partial charge in [-0.3, -0.25) is 4.98 Å². The number of nitrogens with one attached hydrogen (secondary N) is 1. The van der Waals surface area contributed by atoms with Gasteiger partial charge in [-0.25, -0.2) is 9.18 Å². The summed E-state index contributed by atoms with van der Waals surface area (Å²) in [6.45, 7) is 4.54. The van der Waals surface area contributed by atoms with Gasteiger partial charge in [-0.15, -0.1) is 0 Å². The van der Waals surface area contributed by atoms with Crippen molar-refractivity contribution in [2.75, 3.05) is 42.1 Å². The molecule has 0 radical (unpaired) electrons. The molecule has 3 N–H and O–H groups in total. The van der Waals surface area contributed by atoms with E-state index in [-0.39, 0.29) is 11.8 Å². The molecule has 6 nitrogen and oxygen atoms in total. The lowest BCUT2D eigenvalue weighted by Crippen LogP contribution is -2.50. The van der Waals surface area contributed by atoms with E-state index >= 15 is 0 Å². The van der Waals surface area contributed by atoms with Crippen LogP contribution in [0.1, 0.15) is 25.5 Å². The summed E-state index contributed by atoms with van der Waals surface area (Å²) in [7, 11) is 0. The zero-order valence-corrected chi connectivity index (χ0v) is 18.8. The number of anilines is 3. The lowest BCUT2D eigenvalue weighted by molar-refractivity contribution is 0.208. The lowest BCUT2D eigenvalue weighted by Gasteiger charge is -2.37. The Bertz CT molecular complexity index is 1110. The molecule has 4 rings (SSSR count). The molecule has 0 spiro atoms. The van der Waals surface area contributed by atoms with Crippen LogP contribution in [0, 0.1) is 5.82 Å². The van der Waals surface area contributed by atoms with Crippen molar-refractivity contribution in [3.63, 3.8) is 0 Å². The van der Waals surface area contributed by atoms with Gasteiger partial charge in [0, 0.05) is 42.3 Å². The van der Waals surface area contributed by atoms with Gasteiger partial charge in [0.05, 0.1) is 22.6 Å². The van der Waals surface area contributed by atoms with Gasteiger partial charge in [-0.2, -0.15) is 0 Å². The second-order valence-corrected chi connectivity index (χ2v) is 8.43. The predicted octanol–water partition coefficient (Wildman–Crippen LogP) is 5.31. The van der Waals surface area contributed by atoms with Crippen LogP contribution in [0.2, 0.25) is 5.02 Å². The Hall–Kier alpha value is -3.06. The maximum atomic E-state index is 13.1. The van der Waals surface area contributed by atoms with Gasteiger partial charge in [-0.05, 0) is 55.3 Å². The molecule has 0 saturated carbocycles. The zero-order valence-electron chi connectivity index (χ0n) is 18.1. The number of piperazine rings is 1. The average Bonchev–Trinajstić information content (AvgIpc) is 2.79. The van der Waals surface area contributed by atoms with E-state index in [1.165, 1.54) is 12.1 Å². The molecule has 1 aromatic heterocycles. The summed E-state index contributed by atoms with van der Waals surface area (Å²) in [6, 6.07) is 11.3. The van der Waals surface area contributed by atoms with Crippen LogP contribution in [-0.2, 0) is 6.42 Å². The van der Waals surface area contributed by atoms with Crippen molar-refractivity contribution >= 4 is 45.6 Å². The van der Waals surface area contributed by atoms with Gasteiger partial charge < -0.3 is 20.9 Å². The third-order valence-electron chi connectivity index (χ3n) is 5.78. The van der Waals surface area contributed by atoms with E-state index < -0.39 is 0 Å². The molecule has 1 aliphatic rings. The topological polar surface area (TPSA) is 74.5 Å². The number of benzene rings is 2. The van der Waals surface area contributed by atoms with E-state index in [1.54, 1.807) is 17.0 Å². The number of hydrogen-bond acceptors (Lipinski definition) is 4. The Morgan fingerprint density at radius 1 is 1.16 bits per heavy atom. The van der Waals surface area contributed by atoms with Gasteiger partial charge in [0.15, 0.2) is 0 Å². The summed E-state index contributed by atoms with van der Waals surface area (Å²) >= 11 is 6.23. The van der Waals surface area contributed by atoms with Crippen molar-refractivity contribution in [1.82, 2.24) is 9.88 Å². The predicted molar refractivity (Wildman–Crippen MR) is 129 cm³/mol. The first-order valence-corrected chi connectivity index (χ1v) is 11.3. The highest BCUT2D eigenvalue weighted by Gasteiger charge is 2.25. The molecule has 1 saturated heterocycles. The molecule has 1 aliphatic heterocycles. The summed E-state index contributed by atoms with van der Waals surface area (Å²) in [5.41, 5.74) is 10.6. The van der Waals surface area contributed by atoms with E-state index in [1.807, 2.05) is 18.2 Å². The van der Waals surface area contributed by atoms with E-state index in [0.717, 1.165) is 41.5 Å². The van der Waals surface area contributed by atoms with Crippen LogP contribution in [0.3, 0.4) is 0 Å². The molecule has 0 bridgehead atoms. The van der Waals surface area contributed by atoms with Gasteiger partial charge >= 0.3 is 6.03 Å². The van der Waals surface area contributed by atoms with Crippen LogP contribution in [0.25, 0.3) is 10.9 Å². The van der Waals surface area contributed by atoms with Crippen LogP contribution in [0.5, 0.6) is 0 Å². The first-order valence-electron chi connectivity index (χ1n) is 10.9.